The summed E-state index contributed by atoms with van der Waals surface area (Å²) in [5.41, 5.74) is 2.52. The Balaban J connectivity index is 2.16. The summed E-state index contributed by atoms with van der Waals surface area (Å²) in [5, 5.41) is 2.92. The average molecular weight is 243 g/mol. The molecule has 1 aromatic carbocycles. The zero-order valence-electron chi connectivity index (χ0n) is 10.6. The minimum absolute atomic E-state index is 0.119. The van der Waals surface area contributed by atoms with Gasteiger partial charge in [-0.1, -0.05) is 18.2 Å². The number of carbonyl (C=O) groups is 1. The van der Waals surface area contributed by atoms with Gasteiger partial charge < -0.3 is 15.2 Å². The molecule has 4 heteroatoms. The molecule has 0 saturated carbocycles. The molecule has 18 heavy (non-hydrogen) atoms. The lowest BCUT2D eigenvalue weighted by atomic mass is 10.1. The second-order valence-corrected chi connectivity index (χ2v) is 4.43. The Labute approximate surface area is 107 Å². The van der Waals surface area contributed by atoms with Crippen LogP contribution in [0.2, 0.25) is 0 Å². The highest BCUT2D eigenvalue weighted by Gasteiger charge is 2.09. The molecule has 94 valence electrons. The van der Waals surface area contributed by atoms with Crippen LogP contribution in [0.15, 0.2) is 42.6 Å². The Bertz CT molecular complexity index is 518. The van der Waals surface area contributed by atoms with E-state index in [4.69, 9.17) is 0 Å². The summed E-state index contributed by atoms with van der Waals surface area (Å²) in [4.78, 5) is 16.9. The maximum absolute atomic E-state index is 12.0. The largest absolute Gasteiger partial charge is 0.357 e. The van der Waals surface area contributed by atoms with Crippen molar-refractivity contribution in [1.29, 1.82) is 0 Å². The fourth-order valence-electron chi connectivity index (χ4n) is 1.78. The van der Waals surface area contributed by atoms with Crippen molar-refractivity contribution in [2.75, 3.05) is 19.4 Å². The summed E-state index contributed by atoms with van der Waals surface area (Å²) < 4.78 is 0. The fourth-order valence-corrected chi connectivity index (χ4v) is 1.78. The molecule has 0 aliphatic rings. The highest BCUT2D eigenvalue weighted by atomic mass is 16.1. The van der Waals surface area contributed by atoms with Crippen LogP contribution in [-0.2, 0) is 6.54 Å². The van der Waals surface area contributed by atoms with Crippen LogP contribution in [0.25, 0.3) is 0 Å². The van der Waals surface area contributed by atoms with Gasteiger partial charge in [0.2, 0.25) is 0 Å². The monoisotopic (exact) mass is 243 g/mol. The predicted molar refractivity (Wildman–Crippen MR) is 72.6 cm³/mol. The van der Waals surface area contributed by atoms with Gasteiger partial charge in [-0.05, 0) is 37.9 Å². The molecule has 0 unspecified atom stereocenters. The van der Waals surface area contributed by atoms with Gasteiger partial charge in [0.1, 0.15) is 5.69 Å². The van der Waals surface area contributed by atoms with E-state index in [1.165, 1.54) is 0 Å². The molecule has 0 fully saturated rings. The van der Waals surface area contributed by atoms with Crippen molar-refractivity contribution < 1.29 is 4.79 Å². The van der Waals surface area contributed by atoms with E-state index >= 15 is 0 Å². The standard InChI is InChI=1S/C14H17N3O/c1-17(2)10-11-6-3-4-7-12(11)16-14(18)13-8-5-9-15-13/h3-9,15H,10H2,1-2H3,(H,16,18). The van der Waals surface area contributed by atoms with Crippen LogP contribution in [0.4, 0.5) is 5.69 Å². The van der Waals surface area contributed by atoms with Crippen LogP contribution >= 0.6 is 0 Å². The van der Waals surface area contributed by atoms with Gasteiger partial charge in [0.15, 0.2) is 0 Å². The molecule has 1 heterocycles. The first kappa shape index (κ1) is 12.4. The number of aromatic amines is 1. The third-order valence-corrected chi connectivity index (χ3v) is 2.59. The van der Waals surface area contributed by atoms with Gasteiger partial charge in [-0.15, -0.1) is 0 Å². The summed E-state index contributed by atoms with van der Waals surface area (Å²) in [7, 11) is 4.01. The predicted octanol–water partition coefficient (Wildman–Crippen LogP) is 2.33. The Kier molecular flexibility index (Phi) is 3.79. The molecule has 0 bridgehead atoms. The number of hydrogen-bond donors (Lipinski definition) is 2. The van der Waals surface area contributed by atoms with Crippen molar-refractivity contribution in [3.63, 3.8) is 0 Å². The van der Waals surface area contributed by atoms with E-state index in [1.807, 2.05) is 38.4 Å². The van der Waals surface area contributed by atoms with Crippen molar-refractivity contribution in [2.24, 2.45) is 0 Å². The van der Waals surface area contributed by atoms with Crippen molar-refractivity contribution in [3.05, 3.63) is 53.9 Å². The molecular formula is C14H17N3O. The molecular weight excluding hydrogens is 226 g/mol. The molecule has 2 aromatic rings. The number of aromatic nitrogens is 1. The van der Waals surface area contributed by atoms with Crippen LogP contribution in [0.5, 0.6) is 0 Å². The SMILES string of the molecule is CN(C)Cc1ccccc1NC(=O)c1ccc[nH]1. The van der Waals surface area contributed by atoms with Crippen molar-refractivity contribution in [2.45, 2.75) is 6.54 Å². The van der Waals surface area contributed by atoms with Crippen LogP contribution in [0.1, 0.15) is 16.1 Å². The molecule has 0 aliphatic heterocycles. The summed E-state index contributed by atoms with van der Waals surface area (Å²) >= 11 is 0. The highest BCUT2D eigenvalue weighted by molar-refractivity contribution is 6.03. The first-order valence-corrected chi connectivity index (χ1v) is 5.84. The molecule has 0 spiro atoms. The number of H-pyrrole nitrogens is 1. The van der Waals surface area contributed by atoms with E-state index in [0.29, 0.717) is 5.69 Å². The quantitative estimate of drug-likeness (QED) is 0.865. The van der Waals surface area contributed by atoms with E-state index in [0.717, 1.165) is 17.8 Å². The highest BCUT2D eigenvalue weighted by Crippen LogP contribution is 2.17. The Morgan fingerprint density at radius 2 is 2.00 bits per heavy atom. The van der Waals surface area contributed by atoms with Gasteiger partial charge in [0, 0.05) is 18.4 Å². The molecule has 0 aliphatic carbocycles. The average Bonchev–Trinajstić information content (AvgIpc) is 2.84. The molecule has 0 atom stereocenters. The van der Waals surface area contributed by atoms with Gasteiger partial charge in [-0.3, -0.25) is 4.79 Å². The number of anilines is 1. The van der Waals surface area contributed by atoms with Gasteiger partial charge in [-0.2, -0.15) is 0 Å². The summed E-state index contributed by atoms with van der Waals surface area (Å²) in [6.07, 6.45) is 1.74. The second kappa shape index (κ2) is 5.51. The van der Waals surface area contributed by atoms with Crippen LogP contribution < -0.4 is 5.32 Å². The first-order valence-electron chi connectivity index (χ1n) is 5.84. The Morgan fingerprint density at radius 3 is 2.67 bits per heavy atom. The van der Waals surface area contributed by atoms with E-state index in [-0.39, 0.29) is 5.91 Å². The summed E-state index contributed by atoms with van der Waals surface area (Å²) in [5.74, 6) is -0.119. The van der Waals surface area contributed by atoms with Crippen molar-refractivity contribution in [3.8, 4) is 0 Å². The number of para-hydroxylation sites is 1. The van der Waals surface area contributed by atoms with Crippen molar-refractivity contribution >= 4 is 11.6 Å². The summed E-state index contributed by atoms with van der Waals surface area (Å²) in [6, 6.07) is 11.4. The number of nitrogens with one attached hydrogen (secondary N) is 2. The lowest BCUT2D eigenvalue weighted by Gasteiger charge is -2.14. The van der Waals surface area contributed by atoms with Gasteiger partial charge in [-0.25, -0.2) is 0 Å². The Morgan fingerprint density at radius 1 is 1.22 bits per heavy atom. The van der Waals surface area contributed by atoms with E-state index < -0.39 is 0 Å². The van der Waals surface area contributed by atoms with Crippen LogP contribution in [-0.4, -0.2) is 29.9 Å². The van der Waals surface area contributed by atoms with Gasteiger partial charge in [0.25, 0.3) is 5.91 Å². The molecule has 4 nitrogen and oxygen atoms in total. The molecule has 1 amide bonds. The Hall–Kier alpha value is -2.07. The maximum atomic E-state index is 12.0. The first-order chi connectivity index (χ1) is 8.66. The molecule has 1 aromatic heterocycles. The molecule has 2 rings (SSSR count). The smallest absolute Gasteiger partial charge is 0.272 e. The number of amides is 1. The number of benzene rings is 1. The zero-order valence-corrected chi connectivity index (χ0v) is 10.6. The number of rotatable bonds is 4. The molecule has 0 radical (unpaired) electrons. The summed E-state index contributed by atoms with van der Waals surface area (Å²) in [6.45, 7) is 0.793. The topological polar surface area (TPSA) is 48.1 Å². The second-order valence-electron chi connectivity index (χ2n) is 4.43. The van der Waals surface area contributed by atoms with E-state index in [9.17, 15) is 4.79 Å². The third-order valence-electron chi connectivity index (χ3n) is 2.59. The van der Waals surface area contributed by atoms with Crippen LogP contribution in [0, 0.1) is 0 Å². The molecule has 0 saturated heterocycles. The number of carbonyl (C=O) groups excluding carboxylic acids is 1. The number of hydrogen-bond acceptors (Lipinski definition) is 2. The van der Waals surface area contributed by atoms with E-state index in [2.05, 4.69) is 15.2 Å². The normalized spacial score (nSPS) is 10.6. The third kappa shape index (κ3) is 2.99. The lowest BCUT2D eigenvalue weighted by molar-refractivity contribution is 0.102. The maximum Gasteiger partial charge on any atom is 0.272 e. The lowest BCUT2D eigenvalue weighted by Crippen LogP contribution is -2.16. The van der Waals surface area contributed by atoms with Crippen molar-refractivity contribution in [1.82, 2.24) is 9.88 Å². The van der Waals surface area contributed by atoms with Crippen LogP contribution in [0.3, 0.4) is 0 Å². The molecule has 2 N–H and O–H groups in total. The zero-order chi connectivity index (χ0) is 13.0. The minimum atomic E-state index is -0.119. The fraction of sp³-hybridized carbons (Fsp3) is 0.214. The van der Waals surface area contributed by atoms with Gasteiger partial charge >= 0.3 is 0 Å². The minimum Gasteiger partial charge on any atom is -0.357 e. The van der Waals surface area contributed by atoms with Gasteiger partial charge in [0.05, 0.1) is 0 Å². The number of nitrogens with zero attached hydrogens (tertiary/aromatic N) is 1. The van der Waals surface area contributed by atoms with E-state index in [1.54, 1.807) is 18.3 Å².